The first-order valence-electron chi connectivity index (χ1n) is 6.47. The first-order valence-corrected chi connectivity index (χ1v) is 7.35. The molecule has 0 fully saturated rings. The topological polar surface area (TPSA) is 64.9 Å². The van der Waals surface area contributed by atoms with E-state index < -0.39 is 0 Å². The van der Waals surface area contributed by atoms with Crippen LogP contribution in [0.5, 0.6) is 0 Å². The van der Waals surface area contributed by atoms with Crippen molar-refractivity contribution >= 4 is 27.4 Å². The maximum atomic E-state index is 6.16. The van der Waals surface area contributed by atoms with E-state index in [2.05, 4.69) is 27.5 Å². The predicted molar refractivity (Wildman–Crippen MR) is 85.0 cm³/mol. The summed E-state index contributed by atoms with van der Waals surface area (Å²) in [5.41, 5.74) is 8.34. The van der Waals surface area contributed by atoms with Crippen LogP contribution in [0.1, 0.15) is 0 Å². The minimum absolute atomic E-state index is 0.478. The van der Waals surface area contributed by atoms with Gasteiger partial charge in [0.15, 0.2) is 11.6 Å². The van der Waals surface area contributed by atoms with E-state index in [1.807, 2.05) is 30.3 Å². The summed E-state index contributed by atoms with van der Waals surface area (Å²) in [7, 11) is 0. The van der Waals surface area contributed by atoms with Crippen LogP contribution in [0.3, 0.4) is 0 Å². The van der Waals surface area contributed by atoms with Crippen molar-refractivity contribution in [2.45, 2.75) is 0 Å². The van der Waals surface area contributed by atoms with Crippen LogP contribution >= 0.6 is 11.3 Å². The molecule has 4 aromatic rings. The third-order valence-electron chi connectivity index (χ3n) is 3.29. The van der Waals surface area contributed by atoms with Crippen molar-refractivity contribution in [3.05, 3.63) is 54.1 Å². The zero-order chi connectivity index (χ0) is 14.2. The fourth-order valence-corrected chi connectivity index (χ4v) is 3.27. The zero-order valence-corrected chi connectivity index (χ0v) is 11.8. The number of aromatic nitrogens is 2. The Bertz CT molecular complexity index is 898. The third kappa shape index (κ3) is 1.98. The van der Waals surface area contributed by atoms with Gasteiger partial charge in [-0.2, -0.15) is 0 Å². The average Bonchev–Trinajstić information content (AvgIpc) is 3.17. The number of nitrogens with zero attached hydrogens (tertiary/aromatic N) is 2. The van der Waals surface area contributed by atoms with Gasteiger partial charge >= 0.3 is 0 Å². The first-order chi connectivity index (χ1) is 10.3. The van der Waals surface area contributed by atoms with Gasteiger partial charge in [0.05, 0.1) is 11.6 Å². The highest BCUT2D eigenvalue weighted by Crippen LogP contribution is 2.36. The number of fused-ring (bicyclic) bond motifs is 1. The van der Waals surface area contributed by atoms with Crippen molar-refractivity contribution in [3.63, 3.8) is 0 Å². The molecule has 0 aliphatic heterocycles. The quantitative estimate of drug-likeness (QED) is 0.601. The van der Waals surface area contributed by atoms with Gasteiger partial charge in [-0.05, 0) is 17.7 Å². The number of rotatable bonds is 2. The van der Waals surface area contributed by atoms with Crippen LogP contribution < -0.4 is 5.73 Å². The molecule has 102 valence electrons. The van der Waals surface area contributed by atoms with Gasteiger partial charge < -0.3 is 10.2 Å². The molecule has 0 aliphatic rings. The van der Waals surface area contributed by atoms with Crippen LogP contribution in [0.15, 0.2) is 58.5 Å². The lowest BCUT2D eigenvalue weighted by molar-refractivity contribution is 0.578. The van der Waals surface area contributed by atoms with Crippen LogP contribution in [0.4, 0.5) is 5.82 Å². The highest BCUT2D eigenvalue weighted by molar-refractivity contribution is 7.17. The highest BCUT2D eigenvalue weighted by Gasteiger charge is 2.15. The molecule has 0 amide bonds. The molecule has 21 heavy (non-hydrogen) atoms. The molecule has 5 heteroatoms. The minimum atomic E-state index is 0.478. The number of benzene rings is 1. The molecular weight excluding hydrogens is 282 g/mol. The molecule has 4 rings (SSSR count). The molecule has 3 heterocycles. The lowest BCUT2D eigenvalue weighted by atomic mass is 10.1. The van der Waals surface area contributed by atoms with E-state index in [9.17, 15) is 0 Å². The van der Waals surface area contributed by atoms with Gasteiger partial charge in [-0.1, -0.05) is 30.3 Å². The molecule has 0 unspecified atom stereocenters. The fraction of sp³-hybridized carbons (Fsp3) is 0. The van der Waals surface area contributed by atoms with Gasteiger partial charge in [0, 0.05) is 10.9 Å². The lowest BCUT2D eigenvalue weighted by Crippen LogP contribution is -1.96. The second-order valence-corrected chi connectivity index (χ2v) is 5.46. The molecule has 3 aromatic heterocycles. The molecule has 0 atom stereocenters. The number of anilines is 1. The number of hydrogen-bond acceptors (Lipinski definition) is 5. The van der Waals surface area contributed by atoms with E-state index in [0.717, 1.165) is 21.3 Å². The Kier molecular flexibility index (Phi) is 2.72. The Balaban J connectivity index is 1.94. The molecule has 4 nitrogen and oxygen atoms in total. The van der Waals surface area contributed by atoms with Crippen LogP contribution in [0.25, 0.3) is 32.9 Å². The monoisotopic (exact) mass is 293 g/mol. The van der Waals surface area contributed by atoms with Crippen molar-refractivity contribution in [1.82, 2.24) is 9.97 Å². The van der Waals surface area contributed by atoms with Crippen molar-refractivity contribution in [2.24, 2.45) is 0 Å². The van der Waals surface area contributed by atoms with Gasteiger partial charge in [0.2, 0.25) is 0 Å². The first kappa shape index (κ1) is 12.1. The number of nitrogens with two attached hydrogens (primary N) is 1. The Labute approximate surface area is 124 Å². The molecule has 0 spiro atoms. The van der Waals surface area contributed by atoms with E-state index in [-0.39, 0.29) is 0 Å². The Hall–Kier alpha value is -2.66. The minimum Gasteiger partial charge on any atom is -0.461 e. The summed E-state index contributed by atoms with van der Waals surface area (Å²) in [4.78, 5) is 9.81. The average molecular weight is 293 g/mol. The molecule has 0 saturated heterocycles. The molecule has 0 radical (unpaired) electrons. The Morgan fingerprint density at radius 2 is 1.86 bits per heavy atom. The number of nitrogen functional groups attached to an aromatic ring is 1. The fourth-order valence-electron chi connectivity index (χ4n) is 2.31. The number of furan rings is 1. The summed E-state index contributed by atoms with van der Waals surface area (Å²) in [6.07, 6.45) is 1.60. The predicted octanol–water partition coefficient (Wildman–Crippen LogP) is 4.20. The van der Waals surface area contributed by atoms with Crippen molar-refractivity contribution in [1.29, 1.82) is 0 Å². The summed E-state index contributed by atoms with van der Waals surface area (Å²) in [6, 6.07) is 13.8. The standard InChI is InChI=1S/C16H11N3OS/c17-14-13-11(10-5-2-1-3-6-10)9-21-16(13)19-15(18-14)12-7-4-8-20-12/h1-9H,(H2,17,18,19). The molecule has 1 aromatic carbocycles. The maximum absolute atomic E-state index is 6.16. The third-order valence-corrected chi connectivity index (χ3v) is 4.16. The molecule has 0 bridgehead atoms. The van der Waals surface area contributed by atoms with Gasteiger partial charge in [0.25, 0.3) is 0 Å². The normalized spacial score (nSPS) is 11.0. The van der Waals surface area contributed by atoms with E-state index in [1.165, 1.54) is 0 Å². The summed E-state index contributed by atoms with van der Waals surface area (Å²) in [5.74, 6) is 1.62. The number of thiophene rings is 1. The number of hydrogen-bond donors (Lipinski definition) is 1. The van der Waals surface area contributed by atoms with E-state index in [1.54, 1.807) is 17.6 Å². The molecule has 0 aliphatic carbocycles. The van der Waals surface area contributed by atoms with Crippen LogP contribution in [-0.4, -0.2) is 9.97 Å². The molecule has 0 saturated carbocycles. The van der Waals surface area contributed by atoms with E-state index in [4.69, 9.17) is 10.2 Å². The van der Waals surface area contributed by atoms with Crippen molar-refractivity contribution < 1.29 is 4.42 Å². The highest BCUT2D eigenvalue weighted by atomic mass is 32.1. The molecular formula is C16H11N3OS. The largest absolute Gasteiger partial charge is 0.461 e. The smallest absolute Gasteiger partial charge is 0.199 e. The van der Waals surface area contributed by atoms with Gasteiger partial charge in [-0.3, -0.25) is 0 Å². The van der Waals surface area contributed by atoms with Gasteiger partial charge in [0.1, 0.15) is 10.6 Å². The summed E-state index contributed by atoms with van der Waals surface area (Å²) in [5, 5.41) is 2.97. The van der Waals surface area contributed by atoms with Crippen LogP contribution in [-0.2, 0) is 0 Å². The second kappa shape index (κ2) is 4.71. The van der Waals surface area contributed by atoms with E-state index in [0.29, 0.717) is 17.4 Å². The summed E-state index contributed by atoms with van der Waals surface area (Å²) in [6.45, 7) is 0. The maximum Gasteiger partial charge on any atom is 0.199 e. The van der Waals surface area contributed by atoms with Crippen LogP contribution in [0.2, 0.25) is 0 Å². The summed E-state index contributed by atoms with van der Waals surface area (Å²) >= 11 is 1.56. The second-order valence-electron chi connectivity index (χ2n) is 4.61. The zero-order valence-electron chi connectivity index (χ0n) is 11.0. The van der Waals surface area contributed by atoms with Crippen molar-refractivity contribution in [2.75, 3.05) is 5.73 Å². The lowest BCUT2D eigenvalue weighted by Gasteiger charge is -2.03. The van der Waals surface area contributed by atoms with Crippen molar-refractivity contribution in [3.8, 4) is 22.7 Å². The SMILES string of the molecule is Nc1nc(-c2ccco2)nc2scc(-c3ccccc3)c12. The molecule has 2 N–H and O–H groups in total. The van der Waals surface area contributed by atoms with Gasteiger partial charge in [-0.25, -0.2) is 9.97 Å². The Morgan fingerprint density at radius 1 is 1.00 bits per heavy atom. The Morgan fingerprint density at radius 3 is 2.62 bits per heavy atom. The van der Waals surface area contributed by atoms with Crippen LogP contribution in [0, 0.1) is 0 Å². The van der Waals surface area contributed by atoms with E-state index >= 15 is 0 Å². The summed E-state index contributed by atoms with van der Waals surface area (Å²) < 4.78 is 5.34. The van der Waals surface area contributed by atoms with Gasteiger partial charge in [-0.15, -0.1) is 11.3 Å².